The second kappa shape index (κ2) is 5.40. The van der Waals surface area contributed by atoms with Gasteiger partial charge in [-0.1, -0.05) is 0 Å². The fourth-order valence-corrected chi connectivity index (χ4v) is 2.33. The van der Waals surface area contributed by atoms with Crippen LogP contribution in [0.3, 0.4) is 0 Å². The van der Waals surface area contributed by atoms with E-state index in [4.69, 9.17) is 5.73 Å². The second-order valence-electron chi connectivity index (χ2n) is 4.93. The summed E-state index contributed by atoms with van der Waals surface area (Å²) < 4.78 is 15.2. The minimum atomic E-state index is -0.545. The number of carbonyl (C=O) groups is 2. The lowest BCUT2D eigenvalue weighted by atomic mass is 10.1. The molecule has 1 heterocycles. The number of nitrogens with two attached hydrogens (primary N) is 1. The van der Waals surface area contributed by atoms with E-state index in [2.05, 4.69) is 5.10 Å². The van der Waals surface area contributed by atoms with Crippen molar-refractivity contribution in [3.05, 3.63) is 59.5 Å². The number of primary amides is 1. The van der Waals surface area contributed by atoms with Crippen LogP contribution in [-0.2, 0) is 11.2 Å². The molecule has 3 rings (SSSR count). The van der Waals surface area contributed by atoms with Gasteiger partial charge in [-0.3, -0.25) is 9.59 Å². The lowest BCUT2D eigenvalue weighted by Gasteiger charge is -2.01. The summed E-state index contributed by atoms with van der Waals surface area (Å²) in [7, 11) is 0. The maximum atomic E-state index is 13.6. The Balaban J connectivity index is 2.11. The Labute approximate surface area is 125 Å². The highest BCUT2D eigenvalue weighted by atomic mass is 19.1. The molecule has 5 nitrogen and oxygen atoms in total. The Hall–Kier alpha value is -3.02. The van der Waals surface area contributed by atoms with Gasteiger partial charge in [-0.05, 0) is 42.0 Å². The van der Waals surface area contributed by atoms with Gasteiger partial charge < -0.3 is 5.73 Å². The van der Waals surface area contributed by atoms with Crippen molar-refractivity contribution < 1.29 is 14.0 Å². The van der Waals surface area contributed by atoms with E-state index < -0.39 is 11.7 Å². The fraction of sp³-hybridized carbons (Fsp3) is 0.0625. The molecule has 0 aliphatic carbocycles. The summed E-state index contributed by atoms with van der Waals surface area (Å²) in [6.45, 7) is 0. The molecule has 0 saturated heterocycles. The third-order valence-electron chi connectivity index (χ3n) is 3.31. The number of fused-ring (bicyclic) bond motifs is 1. The van der Waals surface area contributed by atoms with Crippen molar-refractivity contribution >= 4 is 23.1 Å². The first-order valence-electron chi connectivity index (χ1n) is 6.58. The standard InChI is InChI=1S/C16H12FN3O2/c17-13-5-11(7-15(18)22)16-12(6-13)8-20(19-16)14-3-1-10(9-21)2-4-14/h1-6,8-9H,7H2,(H2,18,22). The maximum Gasteiger partial charge on any atom is 0.221 e. The third-order valence-corrected chi connectivity index (χ3v) is 3.31. The SMILES string of the molecule is NC(=O)Cc1cc(F)cc2cn(-c3ccc(C=O)cc3)nc12. The number of aldehydes is 1. The monoisotopic (exact) mass is 297 g/mol. The number of halogens is 1. The predicted molar refractivity (Wildman–Crippen MR) is 79.3 cm³/mol. The molecule has 0 unspecified atom stereocenters. The first kappa shape index (κ1) is 13.9. The minimum Gasteiger partial charge on any atom is -0.369 e. The van der Waals surface area contributed by atoms with Crippen molar-refractivity contribution in [1.82, 2.24) is 9.78 Å². The zero-order valence-corrected chi connectivity index (χ0v) is 11.5. The molecule has 2 N–H and O–H groups in total. The van der Waals surface area contributed by atoms with Crippen LogP contribution in [0.15, 0.2) is 42.6 Å². The highest BCUT2D eigenvalue weighted by molar-refractivity contribution is 5.87. The van der Waals surface area contributed by atoms with Gasteiger partial charge in [0.15, 0.2) is 0 Å². The van der Waals surface area contributed by atoms with E-state index in [1.807, 2.05) is 0 Å². The predicted octanol–water partition coefficient (Wildman–Crippen LogP) is 2.00. The van der Waals surface area contributed by atoms with Crippen LogP contribution in [0.25, 0.3) is 16.6 Å². The summed E-state index contributed by atoms with van der Waals surface area (Å²) >= 11 is 0. The smallest absolute Gasteiger partial charge is 0.221 e. The van der Waals surface area contributed by atoms with Gasteiger partial charge in [0.05, 0.1) is 17.6 Å². The fourth-order valence-electron chi connectivity index (χ4n) is 2.33. The van der Waals surface area contributed by atoms with Crippen molar-refractivity contribution in [1.29, 1.82) is 0 Å². The van der Waals surface area contributed by atoms with Gasteiger partial charge >= 0.3 is 0 Å². The zero-order valence-electron chi connectivity index (χ0n) is 11.5. The van der Waals surface area contributed by atoms with Crippen LogP contribution < -0.4 is 5.73 Å². The van der Waals surface area contributed by atoms with E-state index in [1.165, 1.54) is 12.1 Å². The molecule has 1 aromatic heterocycles. The Bertz CT molecular complexity index is 869. The molecule has 22 heavy (non-hydrogen) atoms. The molecular weight excluding hydrogens is 285 g/mol. The van der Waals surface area contributed by atoms with Crippen molar-refractivity contribution in [3.63, 3.8) is 0 Å². The molecule has 0 saturated carbocycles. The summed E-state index contributed by atoms with van der Waals surface area (Å²) in [5.74, 6) is -0.989. The third kappa shape index (κ3) is 2.58. The zero-order chi connectivity index (χ0) is 15.7. The molecule has 3 aromatic rings. The number of benzene rings is 2. The van der Waals surface area contributed by atoms with E-state index in [0.717, 1.165) is 12.0 Å². The van der Waals surface area contributed by atoms with Gasteiger partial charge in [0.1, 0.15) is 12.1 Å². The first-order valence-corrected chi connectivity index (χ1v) is 6.58. The molecule has 0 atom stereocenters. The van der Waals surface area contributed by atoms with Crippen molar-refractivity contribution in [3.8, 4) is 5.69 Å². The average molecular weight is 297 g/mol. The van der Waals surface area contributed by atoms with E-state index >= 15 is 0 Å². The average Bonchev–Trinajstić information content (AvgIpc) is 2.90. The Morgan fingerprint density at radius 2 is 2.00 bits per heavy atom. The van der Waals surface area contributed by atoms with Crippen molar-refractivity contribution in [2.45, 2.75) is 6.42 Å². The van der Waals surface area contributed by atoms with Crippen LogP contribution in [-0.4, -0.2) is 22.0 Å². The molecule has 0 fully saturated rings. The quantitative estimate of drug-likeness (QED) is 0.748. The van der Waals surface area contributed by atoms with Gasteiger partial charge in [-0.2, -0.15) is 5.10 Å². The number of nitrogens with zero attached hydrogens (tertiary/aromatic N) is 2. The van der Waals surface area contributed by atoms with Crippen LogP contribution in [0, 0.1) is 5.82 Å². The topological polar surface area (TPSA) is 78.0 Å². The van der Waals surface area contributed by atoms with Gasteiger partial charge in [0, 0.05) is 17.1 Å². The summed E-state index contributed by atoms with van der Waals surface area (Å²) in [6, 6.07) is 9.42. The molecule has 1 amide bonds. The number of aromatic nitrogens is 2. The highest BCUT2D eigenvalue weighted by Gasteiger charge is 2.11. The molecule has 0 bridgehead atoms. The Morgan fingerprint density at radius 3 is 2.64 bits per heavy atom. The number of rotatable bonds is 4. The lowest BCUT2D eigenvalue weighted by Crippen LogP contribution is -2.14. The van der Waals surface area contributed by atoms with Crippen LogP contribution in [0.4, 0.5) is 4.39 Å². The highest BCUT2D eigenvalue weighted by Crippen LogP contribution is 2.22. The summed E-state index contributed by atoms with van der Waals surface area (Å²) in [4.78, 5) is 21.8. The van der Waals surface area contributed by atoms with E-state index in [9.17, 15) is 14.0 Å². The van der Waals surface area contributed by atoms with Crippen LogP contribution >= 0.6 is 0 Å². The van der Waals surface area contributed by atoms with Gasteiger partial charge in [0.25, 0.3) is 0 Å². The Kier molecular flexibility index (Phi) is 3.42. The van der Waals surface area contributed by atoms with E-state index in [-0.39, 0.29) is 6.42 Å². The largest absolute Gasteiger partial charge is 0.369 e. The molecule has 0 aliphatic heterocycles. The molecule has 0 radical (unpaired) electrons. The van der Waals surface area contributed by atoms with Crippen LogP contribution in [0.1, 0.15) is 15.9 Å². The first-order chi connectivity index (χ1) is 10.6. The molecule has 110 valence electrons. The second-order valence-corrected chi connectivity index (χ2v) is 4.93. The van der Waals surface area contributed by atoms with E-state index in [1.54, 1.807) is 35.1 Å². The Morgan fingerprint density at radius 1 is 1.27 bits per heavy atom. The van der Waals surface area contributed by atoms with Crippen molar-refractivity contribution in [2.75, 3.05) is 0 Å². The van der Waals surface area contributed by atoms with Gasteiger partial charge in [-0.15, -0.1) is 0 Å². The summed E-state index contributed by atoms with van der Waals surface area (Å²) in [6.07, 6.45) is 2.35. The molecule has 2 aromatic carbocycles. The minimum absolute atomic E-state index is 0.0741. The summed E-state index contributed by atoms with van der Waals surface area (Å²) in [5.41, 5.74) is 7.45. The van der Waals surface area contributed by atoms with Gasteiger partial charge in [-0.25, -0.2) is 9.07 Å². The van der Waals surface area contributed by atoms with Crippen LogP contribution in [0.5, 0.6) is 0 Å². The maximum absolute atomic E-state index is 13.6. The normalized spacial score (nSPS) is 10.8. The molecule has 0 aliphatic rings. The molecular formula is C16H12FN3O2. The van der Waals surface area contributed by atoms with Crippen molar-refractivity contribution in [2.24, 2.45) is 5.73 Å². The molecule has 6 heteroatoms. The number of amides is 1. The summed E-state index contributed by atoms with van der Waals surface area (Å²) in [5, 5.41) is 4.97. The number of hydrogen-bond donors (Lipinski definition) is 1. The van der Waals surface area contributed by atoms with Crippen LogP contribution in [0.2, 0.25) is 0 Å². The number of hydrogen-bond acceptors (Lipinski definition) is 3. The lowest BCUT2D eigenvalue weighted by molar-refractivity contribution is -0.117. The van der Waals surface area contributed by atoms with Gasteiger partial charge in [0.2, 0.25) is 5.91 Å². The molecule has 0 spiro atoms. The van der Waals surface area contributed by atoms with E-state index in [0.29, 0.717) is 22.0 Å². The number of carbonyl (C=O) groups excluding carboxylic acids is 2.